The molecule has 0 aliphatic carbocycles. The number of aryl methyl sites for hydroxylation is 1. The molecular formula is C20H16CsN5O4. The zero-order chi connectivity index (χ0) is 20.2. The maximum absolute atomic E-state index is 12.1. The van der Waals surface area contributed by atoms with Crippen LogP contribution in [0.5, 0.6) is 17.4 Å². The molecule has 0 bridgehead atoms. The normalized spacial score (nSPS) is 10.2. The molecule has 4 aromatic rings. The molecule has 0 unspecified atom stereocenters. The van der Waals surface area contributed by atoms with Crippen LogP contribution in [0.2, 0.25) is 0 Å². The van der Waals surface area contributed by atoms with Crippen LogP contribution in [0.1, 0.15) is 0 Å². The van der Waals surface area contributed by atoms with Gasteiger partial charge in [0.2, 0.25) is 5.88 Å². The Bertz CT molecular complexity index is 1150. The minimum absolute atomic E-state index is 0. The molecule has 9 nitrogen and oxygen atoms in total. The first-order chi connectivity index (χ1) is 14.1. The molecule has 30 heavy (non-hydrogen) atoms. The van der Waals surface area contributed by atoms with Crippen molar-refractivity contribution in [2.24, 2.45) is 7.05 Å². The number of rotatable bonds is 5. The molecule has 0 aliphatic heterocycles. The summed E-state index contributed by atoms with van der Waals surface area (Å²) in [5, 5.41) is 15.7. The van der Waals surface area contributed by atoms with Crippen molar-refractivity contribution in [1.29, 1.82) is 0 Å². The van der Waals surface area contributed by atoms with Gasteiger partial charge >= 0.3 is 74.9 Å². The molecule has 0 saturated heterocycles. The average Bonchev–Trinajstić information content (AvgIpc) is 3.12. The van der Waals surface area contributed by atoms with E-state index < -0.39 is 6.03 Å². The molecule has 0 spiro atoms. The summed E-state index contributed by atoms with van der Waals surface area (Å²) in [6.07, 6.45) is 3.34. The van der Waals surface area contributed by atoms with Crippen LogP contribution in [-0.2, 0) is 7.05 Å². The second-order valence-electron chi connectivity index (χ2n) is 6.15. The number of nitrogens with zero attached hydrogens (tertiary/aromatic N) is 3. The summed E-state index contributed by atoms with van der Waals surface area (Å²) in [5.74, 6) is 1.19. The van der Waals surface area contributed by atoms with Gasteiger partial charge in [0.1, 0.15) is 23.3 Å². The Balaban J connectivity index is 0.00000256. The quantitative estimate of drug-likeness (QED) is 0.283. The van der Waals surface area contributed by atoms with Crippen molar-refractivity contribution >= 4 is 28.4 Å². The monoisotopic (exact) mass is 523 g/mol. The maximum Gasteiger partial charge on any atom is 1.00 e. The number of nitrogens with one attached hydrogen (secondary N) is 2. The minimum Gasteiger partial charge on any atom is -0.664 e. The van der Waals surface area contributed by atoms with E-state index in [9.17, 15) is 10.1 Å². The van der Waals surface area contributed by atoms with E-state index in [0.29, 0.717) is 23.0 Å². The minimum atomic E-state index is -0.421. The Labute approximate surface area is 230 Å². The topological polar surface area (TPSA) is 113 Å². The number of ether oxygens (including phenoxy) is 1. The summed E-state index contributed by atoms with van der Waals surface area (Å²) in [7, 11) is 1.89. The van der Waals surface area contributed by atoms with E-state index in [1.54, 1.807) is 36.4 Å². The van der Waals surface area contributed by atoms with Crippen LogP contribution in [0.25, 0.3) is 11.0 Å². The van der Waals surface area contributed by atoms with Crippen molar-refractivity contribution < 1.29 is 88.6 Å². The van der Waals surface area contributed by atoms with Crippen molar-refractivity contribution in [2.45, 2.75) is 0 Å². The van der Waals surface area contributed by atoms with Crippen LogP contribution >= 0.6 is 0 Å². The number of carbonyl (C=O) groups excluding carboxylic acids is 1. The Morgan fingerprint density at radius 2 is 1.53 bits per heavy atom. The Morgan fingerprint density at radius 1 is 0.933 bits per heavy atom. The first-order valence-electron chi connectivity index (χ1n) is 8.64. The van der Waals surface area contributed by atoms with E-state index in [2.05, 4.69) is 25.5 Å². The van der Waals surface area contributed by atoms with Crippen molar-refractivity contribution in [2.75, 3.05) is 10.6 Å². The van der Waals surface area contributed by atoms with Crippen molar-refractivity contribution in [3.8, 4) is 17.4 Å². The summed E-state index contributed by atoms with van der Waals surface area (Å²) in [5.41, 5.74) is 2.70. The van der Waals surface area contributed by atoms with Gasteiger partial charge in [0.25, 0.3) is 0 Å². The van der Waals surface area contributed by atoms with Gasteiger partial charge in [-0.25, -0.2) is 9.78 Å². The Kier molecular flexibility index (Phi) is 7.77. The number of benzene rings is 2. The van der Waals surface area contributed by atoms with Crippen LogP contribution in [-0.4, -0.2) is 20.6 Å². The fraction of sp³-hybridized carbons (Fsp3) is 0.0500. The van der Waals surface area contributed by atoms with E-state index in [0.717, 1.165) is 11.0 Å². The summed E-state index contributed by atoms with van der Waals surface area (Å²) >= 11 is 0. The first-order valence-corrected chi connectivity index (χ1v) is 8.64. The third-order valence-electron chi connectivity index (χ3n) is 4.16. The standard InChI is InChI=1S/C20H17N5O4.Cs/c1-25-11-10-17-18(25)19(22-12-21-17)28-15-6-2-13(3-7-15)23-20(26)24-14-4-8-16(29-27)9-5-14;/h2-12,27H,1H3,(H2,23,24,26);/q;+1/p-1. The number of fused-ring (bicyclic) bond motifs is 1. The van der Waals surface area contributed by atoms with E-state index in [4.69, 9.17) is 4.74 Å². The van der Waals surface area contributed by atoms with E-state index in [1.165, 1.54) is 18.5 Å². The number of hydrogen-bond acceptors (Lipinski definition) is 6. The fourth-order valence-corrected chi connectivity index (χ4v) is 2.77. The number of urea groups is 1. The molecule has 4 rings (SSSR count). The molecule has 0 radical (unpaired) electrons. The first kappa shape index (κ1) is 22.6. The summed E-state index contributed by atoms with van der Waals surface area (Å²) < 4.78 is 7.76. The van der Waals surface area contributed by atoms with Crippen LogP contribution in [0.3, 0.4) is 0 Å². The number of aromatic nitrogens is 3. The van der Waals surface area contributed by atoms with Gasteiger partial charge in [0.15, 0.2) is 0 Å². The largest absolute Gasteiger partial charge is 1.00 e. The summed E-state index contributed by atoms with van der Waals surface area (Å²) in [4.78, 5) is 24.4. The molecule has 10 heteroatoms. The zero-order valence-electron chi connectivity index (χ0n) is 16.3. The second kappa shape index (κ2) is 10.3. The van der Waals surface area contributed by atoms with Crippen LogP contribution in [0, 0.1) is 0 Å². The van der Waals surface area contributed by atoms with Crippen molar-refractivity contribution in [3.05, 3.63) is 67.1 Å². The number of hydrogen-bond donors (Lipinski definition) is 2. The summed E-state index contributed by atoms with van der Waals surface area (Å²) in [6, 6.07) is 14.4. The van der Waals surface area contributed by atoms with Gasteiger partial charge < -0.3 is 30.1 Å². The predicted molar refractivity (Wildman–Crippen MR) is 105 cm³/mol. The van der Waals surface area contributed by atoms with Gasteiger partial charge in [0, 0.05) is 24.6 Å². The van der Waals surface area contributed by atoms with Gasteiger partial charge in [-0.2, -0.15) is 4.98 Å². The number of amides is 2. The van der Waals surface area contributed by atoms with Gasteiger partial charge in [-0.1, -0.05) is 0 Å². The molecule has 146 valence electrons. The number of carbonyl (C=O) groups is 1. The second-order valence-corrected chi connectivity index (χ2v) is 6.15. The number of anilines is 2. The molecule has 0 saturated carbocycles. The predicted octanol–water partition coefficient (Wildman–Crippen LogP) is 0.0627. The molecule has 0 fully saturated rings. The Hall–Kier alpha value is -2.06. The molecule has 0 aliphatic rings. The summed E-state index contributed by atoms with van der Waals surface area (Å²) in [6.45, 7) is 0. The van der Waals surface area contributed by atoms with Gasteiger partial charge in [-0.15, -0.1) is 0 Å². The van der Waals surface area contributed by atoms with E-state index in [-0.39, 0.29) is 74.6 Å². The third kappa shape index (κ3) is 5.35. The van der Waals surface area contributed by atoms with Crippen molar-refractivity contribution in [3.63, 3.8) is 0 Å². The van der Waals surface area contributed by atoms with Gasteiger partial charge in [-0.3, -0.25) is 0 Å². The Morgan fingerprint density at radius 3 is 2.13 bits per heavy atom. The zero-order valence-corrected chi connectivity index (χ0v) is 22.6. The molecular weight excluding hydrogens is 507 g/mol. The van der Waals surface area contributed by atoms with Gasteiger partial charge in [0.05, 0.1) is 5.52 Å². The third-order valence-corrected chi connectivity index (χ3v) is 4.16. The van der Waals surface area contributed by atoms with Crippen LogP contribution < -0.4 is 94.4 Å². The van der Waals surface area contributed by atoms with Crippen LogP contribution in [0.4, 0.5) is 16.2 Å². The van der Waals surface area contributed by atoms with E-state index >= 15 is 0 Å². The average molecular weight is 523 g/mol. The molecule has 2 amide bonds. The molecule has 2 N–H and O–H groups in total. The molecule has 2 aromatic carbocycles. The SMILES string of the molecule is Cn1ccc2ncnc(Oc3ccc(NC(=O)Nc4ccc(O[O-])cc4)cc3)c21.[Cs+]. The fourth-order valence-electron chi connectivity index (χ4n) is 2.77. The van der Waals surface area contributed by atoms with Gasteiger partial charge in [-0.05, 0) is 54.6 Å². The van der Waals surface area contributed by atoms with E-state index in [1.807, 2.05) is 23.9 Å². The molecule has 0 atom stereocenters. The molecule has 2 heterocycles. The molecule has 2 aromatic heterocycles. The van der Waals surface area contributed by atoms with Crippen LogP contribution in [0.15, 0.2) is 67.1 Å². The smallest absolute Gasteiger partial charge is 0.664 e. The maximum atomic E-state index is 12.1. The van der Waals surface area contributed by atoms with Crippen molar-refractivity contribution in [1.82, 2.24) is 14.5 Å².